The number of carbonyl (C=O) groups excluding carboxylic acids is 1. The average molecular weight is 487 g/mol. The molecule has 1 unspecified atom stereocenters. The molecule has 0 spiro atoms. The first-order chi connectivity index (χ1) is 15.9. The van der Waals surface area contributed by atoms with E-state index in [2.05, 4.69) is 4.98 Å². The van der Waals surface area contributed by atoms with Gasteiger partial charge in [-0.25, -0.2) is 4.98 Å². The minimum absolute atomic E-state index is 0.123. The van der Waals surface area contributed by atoms with E-state index >= 15 is 0 Å². The van der Waals surface area contributed by atoms with Crippen LogP contribution in [-0.4, -0.2) is 48.2 Å². The second-order valence-corrected chi connectivity index (χ2v) is 9.84. The molecule has 3 aromatic rings. The van der Waals surface area contributed by atoms with E-state index in [9.17, 15) is 9.90 Å². The number of methoxy groups -OCH3 is 2. The Balaban J connectivity index is 1.61. The molecule has 1 aromatic heterocycles. The molecule has 1 fully saturated rings. The summed E-state index contributed by atoms with van der Waals surface area (Å²) in [5, 5.41) is 12.4. The van der Waals surface area contributed by atoms with Gasteiger partial charge in [0.25, 0.3) is 5.91 Å². The van der Waals surface area contributed by atoms with E-state index < -0.39 is 6.10 Å². The summed E-state index contributed by atoms with van der Waals surface area (Å²) in [6.45, 7) is 2.67. The molecule has 1 N–H and O–H groups in total. The molecular weight excluding hydrogens is 460 g/mol. The monoisotopic (exact) mass is 486 g/mol. The van der Waals surface area contributed by atoms with Gasteiger partial charge in [-0.15, -0.1) is 11.3 Å². The molecule has 0 aliphatic heterocycles. The summed E-state index contributed by atoms with van der Waals surface area (Å²) in [6, 6.07) is 12.7. The topological polar surface area (TPSA) is 71.9 Å². The number of aliphatic hydroxyl groups excluding tert-OH is 1. The van der Waals surface area contributed by atoms with Crippen molar-refractivity contribution >= 4 is 28.8 Å². The third-order valence-electron chi connectivity index (χ3n) is 5.67. The lowest BCUT2D eigenvalue weighted by atomic mass is 10.1. The molecule has 1 atom stereocenters. The summed E-state index contributed by atoms with van der Waals surface area (Å²) in [5.74, 6) is 1.47. The number of benzene rings is 2. The quantitative estimate of drug-likeness (QED) is 0.440. The van der Waals surface area contributed by atoms with Gasteiger partial charge in [-0.3, -0.25) is 4.79 Å². The summed E-state index contributed by atoms with van der Waals surface area (Å²) >= 11 is 7.55. The number of halogens is 1. The zero-order valence-electron chi connectivity index (χ0n) is 18.9. The molecule has 0 bridgehead atoms. The van der Waals surface area contributed by atoms with Crippen molar-refractivity contribution in [3.8, 4) is 22.8 Å². The van der Waals surface area contributed by atoms with Crippen molar-refractivity contribution in [2.75, 3.05) is 27.3 Å². The number of hydrogen-bond acceptors (Lipinski definition) is 6. The fourth-order valence-electron chi connectivity index (χ4n) is 3.77. The van der Waals surface area contributed by atoms with Gasteiger partial charge in [0.05, 0.1) is 37.6 Å². The van der Waals surface area contributed by atoms with Crippen molar-refractivity contribution in [3.63, 3.8) is 0 Å². The van der Waals surface area contributed by atoms with Crippen LogP contribution in [0.15, 0.2) is 42.5 Å². The standard InChI is InChI=1S/C25H27ClN2O4S/c1-15-27-23(18-5-4-6-19(26)11-18)24(33-15)25(30)28(13-16-7-8-16)14-20(29)17-9-10-21(31-2)22(12-17)32-3/h4-6,9-12,16,20,29H,7-8,13-14H2,1-3H3. The minimum atomic E-state index is -0.865. The Kier molecular flexibility index (Phi) is 7.22. The fraction of sp³-hybridized carbons (Fsp3) is 0.360. The lowest BCUT2D eigenvalue weighted by Gasteiger charge is -2.26. The van der Waals surface area contributed by atoms with Gasteiger partial charge >= 0.3 is 0 Å². The molecule has 6 nitrogen and oxygen atoms in total. The van der Waals surface area contributed by atoms with Crippen LogP contribution in [0.4, 0.5) is 0 Å². The van der Waals surface area contributed by atoms with Gasteiger partial charge in [0.2, 0.25) is 0 Å². The predicted octanol–water partition coefficient (Wildman–Crippen LogP) is 5.37. The van der Waals surface area contributed by atoms with E-state index in [4.69, 9.17) is 21.1 Å². The molecular formula is C25H27ClN2O4S. The van der Waals surface area contributed by atoms with Crippen LogP contribution in [0.1, 0.15) is 39.2 Å². The zero-order chi connectivity index (χ0) is 23.5. The number of aromatic nitrogens is 1. The van der Waals surface area contributed by atoms with Crippen molar-refractivity contribution in [1.29, 1.82) is 0 Å². The largest absolute Gasteiger partial charge is 0.493 e. The summed E-state index contributed by atoms with van der Waals surface area (Å²) in [6.07, 6.45) is 1.33. The maximum absolute atomic E-state index is 13.7. The molecule has 0 radical (unpaired) electrons. The Morgan fingerprint density at radius 3 is 2.64 bits per heavy atom. The first-order valence-corrected chi connectivity index (χ1v) is 12.0. The SMILES string of the molecule is COc1ccc(C(O)CN(CC2CC2)C(=O)c2sc(C)nc2-c2cccc(Cl)c2)cc1OC. The molecule has 4 rings (SSSR count). The highest BCUT2D eigenvalue weighted by molar-refractivity contribution is 7.14. The van der Waals surface area contributed by atoms with E-state index in [0.717, 1.165) is 23.4 Å². The van der Waals surface area contributed by atoms with Crippen molar-refractivity contribution in [2.24, 2.45) is 5.92 Å². The number of amides is 1. The molecule has 8 heteroatoms. The highest BCUT2D eigenvalue weighted by Gasteiger charge is 2.31. The Morgan fingerprint density at radius 2 is 1.97 bits per heavy atom. The van der Waals surface area contributed by atoms with Gasteiger partial charge in [0, 0.05) is 17.1 Å². The van der Waals surface area contributed by atoms with Crippen LogP contribution < -0.4 is 9.47 Å². The number of thiazole rings is 1. The van der Waals surface area contributed by atoms with Crippen LogP contribution >= 0.6 is 22.9 Å². The predicted molar refractivity (Wildman–Crippen MR) is 130 cm³/mol. The Hall–Kier alpha value is -2.61. The van der Waals surface area contributed by atoms with Crippen LogP contribution in [0.2, 0.25) is 5.02 Å². The van der Waals surface area contributed by atoms with Gasteiger partial charge in [-0.05, 0) is 55.5 Å². The summed E-state index contributed by atoms with van der Waals surface area (Å²) < 4.78 is 10.7. The van der Waals surface area contributed by atoms with Crippen LogP contribution in [0.25, 0.3) is 11.3 Å². The third kappa shape index (κ3) is 5.49. The average Bonchev–Trinajstić information content (AvgIpc) is 3.55. The van der Waals surface area contributed by atoms with Gasteiger partial charge in [0.15, 0.2) is 11.5 Å². The van der Waals surface area contributed by atoms with Crippen LogP contribution in [0.3, 0.4) is 0 Å². The number of carbonyl (C=O) groups is 1. The van der Waals surface area contributed by atoms with Gasteiger partial charge in [-0.2, -0.15) is 0 Å². The lowest BCUT2D eigenvalue weighted by Crippen LogP contribution is -2.36. The molecule has 1 aliphatic rings. The van der Waals surface area contributed by atoms with Crippen molar-refractivity contribution in [3.05, 3.63) is 62.9 Å². The highest BCUT2D eigenvalue weighted by atomic mass is 35.5. The third-order valence-corrected chi connectivity index (χ3v) is 6.87. The Morgan fingerprint density at radius 1 is 1.21 bits per heavy atom. The van der Waals surface area contributed by atoms with Crippen LogP contribution in [0, 0.1) is 12.8 Å². The van der Waals surface area contributed by atoms with Crippen molar-refractivity contribution in [2.45, 2.75) is 25.9 Å². The number of rotatable bonds is 9. The second kappa shape index (κ2) is 10.1. The number of nitrogens with zero attached hydrogens (tertiary/aromatic N) is 2. The normalized spacial score (nSPS) is 14.1. The van der Waals surface area contributed by atoms with E-state index in [0.29, 0.717) is 45.1 Å². The second-order valence-electron chi connectivity index (χ2n) is 8.20. The van der Waals surface area contributed by atoms with E-state index in [1.54, 1.807) is 43.4 Å². The van der Waals surface area contributed by atoms with Gasteiger partial charge in [-0.1, -0.05) is 29.8 Å². The Bertz CT molecular complexity index is 1150. The lowest BCUT2D eigenvalue weighted by molar-refractivity contribution is 0.0615. The van der Waals surface area contributed by atoms with Gasteiger partial charge in [0.1, 0.15) is 4.88 Å². The smallest absolute Gasteiger partial charge is 0.266 e. The first kappa shape index (κ1) is 23.5. The molecule has 0 saturated heterocycles. The summed E-state index contributed by atoms with van der Waals surface area (Å²) in [5.41, 5.74) is 2.10. The molecule has 1 heterocycles. The highest BCUT2D eigenvalue weighted by Crippen LogP contribution is 2.35. The van der Waals surface area contributed by atoms with E-state index in [1.165, 1.54) is 11.3 Å². The molecule has 1 saturated carbocycles. The number of aryl methyl sites for hydroxylation is 1. The number of aliphatic hydroxyl groups is 1. The minimum Gasteiger partial charge on any atom is -0.493 e. The molecule has 2 aromatic carbocycles. The fourth-order valence-corrected chi connectivity index (χ4v) is 4.87. The molecule has 174 valence electrons. The van der Waals surface area contributed by atoms with Crippen LogP contribution in [-0.2, 0) is 0 Å². The first-order valence-electron chi connectivity index (χ1n) is 10.8. The summed E-state index contributed by atoms with van der Waals surface area (Å²) in [4.78, 5) is 20.6. The molecule has 1 aliphatic carbocycles. The molecule has 33 heavy (non-hydrogen) atoms. The van der Waals surface area contributed by atoms with E-state index in [-0.39, 0.29) is 12.5 Å². The van der Waals surface area contributed by atoms with Crippen LogP contribution in [0.5, 0.6) is 11.5 Å². The Labute approximate surface area is 202 Å². The number of hydrogen-bond donors (Lipinski definition) is 1. The van der Waals surface area contributed by atoms with Crippen molar-refractivity contribution < 1.29 is 19.4 Å². The molecule has 1 amide bonds. The van der Waals surface area contributed by atoms with E-state index in [1.807, 2.05) is 25.1 Å². The van der Waals surface area contributed by atoms with Crippen molar-refractivity contribution in [1.82, 2.24) is 9.88 Å². The maximum Gasteiger partial charge on any atom is 0.266 e. The zero-order valence-corrected chi connectivity index (χ0v) is 20.4. The summed E-state index contributed by atoms with van der Waals surface area (Å²) in [7, 11) is 3.12. The maximum atomic E-state index is 13.7. The number of ether oxygens (including phenoxy) is 2. The van der Waals surface area contributed by atoms with Gasteiger partial charge < -0.3 is 19.5 Å².